The highest BCUT2D eigenvalue weighted by Gasteiger charge is 1.98. The van der Waals surface area contributed by atoms with Crippen LogP contribution in [0.2, 0.25) is 0 Å². The molecule has 0 radical (unpaired) electrons. The van der Waals surface area contributed by atoms with Crippen molar-refractivity contribution in [3.63, 3.8) is 0 Å². The van der Waals surface area contributed by atoms with Gasteiger partial charge >= 0.3 is 4.87 Å². The van der Waals surface area contributed by atoms with Crippen LogP contribution in [0.15, 0.2) is 28.1 Å². The molecular formula is C12H14N2O2S. The van der Waals surface area contributed by atoms with E-state index in [9.17, 15) is 4.79 Å². The summed E-state index contributed by atoms with van der Waals surface area (Å²) in [6, 6.07) is 5.95. The average Bonchev–Trinajstić information content (AvgIpc) is 2.86. The fourth-order valence-electron chi connectivity index (χ4n) is 1.46. The summed E-state index contributed by atoms with van der Waals surface area (Å²) in [4.78, 5) is 18.3. The van der Waals surface area contributed by atoms with E-state index >= 15 is 0 Å². The van der Waals surface area contributed by atoms with Gasteiger partial charge in [-0.2, -0.15) is 0 Å². The molecule has 0 saturated heterocycles. The largest absolute Gasteiger partial charge is 0.395 e. The molecule has 0 aliphatic carbocycles. The van der Waals surface area contributed by atoms with Crippen molar-refractivity contribution in [1.82, 2.24) is 4.98 Å². The summed E-state index contributed by atoms with van der Waals surface area (Å²) >= 11 is 1.25. The van der Waals surface area contributed by atoms with Crippen LogP contribution in [0.5, 0.6) is 0 Å². The minimum atomic E-state index is 0.0191. The molecule has 17 heavy (non-hydrogen) atoms. The van der Waals surface area contributed by atoms with E-state index in [4.69, 9.17) is 0 Å². The SMILES string of the molecule is CC1=NOCC1.Cc1ccc2sc(=O)[nH]c2c1. The third-order valence-electron chi connectivity index (χ3n) is 2.35. The smallest absolute Gasteiger partial charge is 0.305 e. The number of rotatable bonds is 0. The average molecular weight is 250 g/mol. The molecule has 1 aliphatic rings. The van der Waals surface area contributed by atoms with Crippen LogP contribution >= 0.6 is 11.3 Å². The van der Waals surface area contributed by atoms with E-state index in [1.165, 1.54) is 16.9 Å². The molecule has 90 valence electrons. The van der Waals surface area contributed by atoms with E-state index in [0.717, 1.165) is 29.0 Å². The number of aromatic nitrogens is 1. The highest BCUT2D eigenvalue weighted by atomic mass is 32.1. The Morgan fingerprint density at radius 2 is 2.24 bits per heavy atom. The quantitative estimate of drug-likeness (QED) is 0.781. The van der Waals surface area contributed by atoms with Crippen LogP contribution in [0, 0.1) is 6.92 Å². The number of oxime groups is 1. The van der Waals surface area contributed by atoms with Crippen molar-refractivity contribution in [2.45, 2.75) is 20.3 Å². The zero-order chi connectivity index (χ0) is 12.3. The summed E-state index contributed by atoms with van der Waals surface area (Å²) < 4.78 is 1.03. The molecule has 1 N–H and O–H groups in total. The van der Waals surface area contributed by atoms with Gasteiger partial charge in [0.25, 0.3) is 0 Å². The summed E-state index contributed by atoms with van der Waals surface area (Å²) in [5.41, 5.74) is 3.22. The van der Waals surface area contributed by atoms with Crippen LogP contribution in [0.4, 0.5) is 0 Å². The zero-order valence-corrected chi connectivity index (χ0v) is 10.6. The number of benzene rings is 1. The van der Waals surface area contributed by atoms with Crippen LogP contribution in [0.3, 0.4) is 0 Å². The first kappa shape index (κ1) is 11.9. The Kier molecular flexibility index (Phi) is 3.58. The predicted octanol–water partition coefficient (Wildman–Crippen LogP) is 2.68. The number of aryl methyl sites for hydroxylation is 1. The number of thiazole rings is 1. The molecule has 0 atom stereocenters. The fourth-order valence-corrected chi connectivity index (χ4v) is 2.18. The Bertz CT molecular complexity index is 598. The maximum atomic E-state index is 10.9. The van der Waals surface area contributed by atoms with Crippen molar-refractivity contribution in [3.05, 3.63) is 33.4 Å². The molecule has 5 heteroatoms. The number of H-pyrrole nitrogens is 1. The van der Waals surface area contributed by atoms with E-state index in [0.29, 0.717) is 0 Å². The summed E-state index contributed by atoms with van der Waals surface area (Å²) in [6.45, 7) is 4.76. The summed E-state index contributed by atoms with van der Waals surface area (Å²) in [7, 11) is 0. The van der Waals surface area contributed by atoms with Gasteiger partial charge in [0.2, 0.25) is 0 Å². The van der Waals surface area contributed by atoms with Gasteiger partial charge < -0.3 is 9.82 Å². The first-order valence-electron chi connectivity index (χ1n) is 5.40. The second-order valence-corrected chi connectivity index (χ2v) is 4.94. The van der Waals surface area contributed by atoms with Crippen LogP contribution in [0.25, 0.3) is 10.2 Å². The molecule has 1 aromatic heterocycles. The standard InChI is InChI=1S/C8H7NOS.C4H7NO/c1-5-2-3-7-6(4-5)9-8(10)11-7;1-4-2-3-6-5-4/h2-4H,1H3,(H,9,10);2-3H2,1H3. The summed E-state index contributed by atoms with van der Waals surface area (Å²) in [6.07, 6.45) is 1.01. The van der Waals surface area contributed by atoms with E-state index in [1.807, 2.05) is 32.0 Å². The van der Waals surface area contributed by atoms with E-state index in [2.05, 4.69) is 15.0 Å². The maximum Gasteiger partial charge on any atom is 0.305 e. The van der Waals surface area contributed by atoms with Gasteiger partial charge in [-0.05, 0) is 31.5 Å². The van der Waals surface area contributed by atoms with Gasteiger partial charge in [-0.1, -0.05) is 22.6 Å². The van der Waals surface area contributed by atoms with Crippen molar-refractivity contribution in [3.8, 4) is 0 Å². The van der Waals surface area contributed by atoms with Crippen molar-refractivity contribution in [2.75, 3.05) is 6.61 Å². The highest BCUT2D eigenvalue weighted by molar-refractivity contribution is 7.16. The highest BCUT2D eigenvalue weighted by Crippen LogP contribution is 2.14. The third kappa shape index (κ3) is 3.17. The Labute approximate surface area is 103 Å². The van der Waals surface area contributed by atoms with Crippen molar-refractivity contribution in [2.24, 2.45) is 5.16 Å². The lowest BCUT2D eigenvalue weighted by Gasteiger charge is -1.89. The molecule has 0 unspecified atom stereocenters. The van der Waals surface area contributed by atoms with E-state index in [1.54, 1.807) is 0 Å². The molecule has 0 fully saturated rings. The van der Waals surface area contributed by atoms with Crippen LogP contribution in [-0.4, -0.2) is 17.3 Å². The molecule has 0 amide bonds. The molecule has 0 saturated carbocycles. The molecule has 2 aromatic rings. The monoisotopic (exact) mass is 250 g/mol. The summed E-state index contributed by atoms with van der Waals surface area (Å²) in [5.74, 6) is 0. The van der Waals surface area contributed by atoms with Crippen LogP contribution in [-0.2, 0) is 4.84 Å². The van der Waals surface area contributed by atoms with Gasteiger partial charge in [0, 0.05) is 6.42 Å². The molecule has 4 nitrogen and oxygen atoms in total. The van der Waals surface area contributed by atoms with Crippen molar-refractivity contribution in [1.29, 1.82) is 0 Å². The van der Waals surface area contributed by atoms with E-state index < -0.39 is 0 Å². The lowest BCUT2D eigenvalue weighted by molar-refractivity contribution is 0.173. The Hall–Kier alpha value is -1.62. The first-order chi connectivity index (χ1) is 8.15. The van der Waals surface area contributed by atoms with Crippen molar-refractivity contribution >= 4 is 27.3 Å². The van der Waals surface area contributed by atoms with Crippen molar-refractivity contribution < 1.29 is 4.84 Å². The molecule has 2 heterocycles. The molecule has 3 rings (SSSR count). The van der Waals surface area contributed by atoms with Crippen LogP contribution in [0.1, 0.15) is 18.9 Å². The second kappa shape index (κ2) is 5.14. The normalized spacial score (nSPS) is 13.9. The van der Waals surface area contributed by atoms with Gasteiger partial charge in [-0.15, -0.1) is 0 Å². The minimum absolute atomic E-state index is 0.0191. The number of fused-ring (bicyclic) bond motifs is 1. The van der Waals surface area contributed by atoms with Gasteiger partial charge in [-0.3, -0.25) is 4.79 Å². The third-order valence-corrected chi connectivity index (χ3v) is 3.21. The number of hydrogen-bond donors (Lipinski definition) is 1. The predicted molar refractivity (Wildman–Crippen MR) is 70.9 cm³/mol. The Morgan fingerprint density at radius 1 is 1.41 bits per heavy atom. The lowest BCUT2D eigenvalue weighted by Crippen LogP contribution is -1.89. The molecule has 1 aromatic carbocycles. The number of nitrogens with one attached hydrogen (secondary N) is 1. The fraction of sp³-hybridized carbons (Fsp3) is 0.333. The van der Waals surface area contributed by atoms with Gasteiger partial charge in [0.05, 0.1) is 15.9 Å². The zero-order valence-electron chi connectivity index (χ0n) is 9.82. The Morgan fingerprint density at radius 3 is 2.82 bits per heavy atom. The molecular weight excluding hydrogens is 236 g/mol. The van der Waals surface area contributed by atoms with Gasteiger partial charge in [0.1, 0.15) is 6.61 Å². The lowest BCUT2D eigenvalue weighted by atomic mass is 10.2. The maximum absolute atomic E-state index is 10.9. The molecule has 0 bridgehead atoms. The number of hydrogen-bond acceptors (Lipinski definition) is 4. The Balaban J connectivity index is 0.000000153. The summed E-state index contributed by atoms with van der Waals surface area (Å²) in [5, 5.41) is 3.65. The number of nitrogens with zero attached hydrogens (tertiary/aromatic N) is 1. The van der Waals surface area contributed by atoms with E-state index in [-0.39, 0.29) is 4.87 Å². The molecule has 0 spiro atoms. The van der Waals surface area contributed by atoms with Gasteiger partial charge in [0.15, 0.2) is 0 Å². The topological polar surface area (TPSA) is 54.4 Å². The first-order valence-corrected chi connectivity index (χ1v) is 6.22. The minimum Gasteiger partial charge on any atom is -0.395 e. The van der Waals surface area contributed by atoms with Gasteiger partial charge in [-0.25, -0.2) is 0 Å². The number of aromatic amines is 1. The van der Waals surface area contributed by atoms with Crippen LogP contribution < -0.4 is 4.87 Å². The molecule has 1 aliphatic heterocycles. The second-order valence-electron chi connectivity index (χ2n) is 3.92.